The molecule has 0 unspecified atom stereocenters. The molecule has 1 rings (SSSR count). The number of benzene rings is 1. The Morgan fingerprint density at radius 2 is 1.88 bits per heavy atom. The fourth-order valence-corrected chi connectivity index (χ4v) is 1.48. The molecule has 0 aliphatic heterocycles. The Hall–Kier alpha value is -1.55. The van der Waals surface area contributed by atoms with Gasteiger partial charge in [-0.25, -0.2) is 4.79 Å². The molecule has 0 aliphatic carbocycles. The van der Waals surface area contributed by atoms with Gasteiger partial charge in [0.25, 0.3) is 0 Å². The number of anilines is 1. The third-order valence-electron chi connectivity index (χ3n) is 2.17. The highest BCUT2D eigenvalue weighted by atomic mass is 35.5. The van der Waals surface area contributed by atoms with E-state index < -0.39 is 6.03 Å². The quantitative estimate of drug-likeness (QED) is 0.901. The Bertz CT molecular complexity index is 403. The van der Waals surface area contributed by atoms with E-state index in [1.807, 2.05) is 6.92 Å². The van der Waals surface area contributed by atoms with Crippen LogP contribution in [-0.2, 0) is 4.79 Å². The van der Waals surface area contributed by atoms with E-state index in [9.17, 15) is 9.59 Å². The largest absolute Gasteiger partial charge is 0.328 e. The summed E-state index contributed by atoms with van der Waals surface area (Å²) >= 11 is 5.73. The number of halogens is 1. The summed E-state index contributed by atoms with van der Waals surface area (Å²) in [6.45, 7) is 3.69. The molecule has 0 fully saturated rings. The Morgan fingerprint density at radius 3 is 2.35 bits per heavy atom. The second kappa shape index (κ2) is 6.25. The summed E-state index contributed by atoms with van der Waals surface area (Å²) in [6.07, 6.45) is 0.730. The SMILES string of the molecule is CCCN(C(C)=O)C(=O)Nc1ccc(Cl)cc1. The fraction of sp³-hybridized carbons (Fsp3) is 0.333. The van der Waals surface area contributed by atoms with E-state index in [2.05, 4.69) is 5.32 Å². The molecule has 17 heavy (non-hydrogen) atoms. The molecule has 0 bridgehead atoms. The minimum atomic E-state index is -0.415. The molecular formula is C12H15ClN2O2. The maximum Gasteiger partial charge on any atom is 0.328 e. The number of hydrogen-bond acceptors (Lipinski definition) is 2. The number of hydrogen-bond donors (Lipinski definition) is 1. The Morgan fingerprint density at radius 1 is 1.29 bits per heavy atom. The molecule has 0 saturated heterocycles. The lowest BCUT2D eigenvalue weighted by molar-refractivity contribution is -0.125. The van der Waals surface area contributed by atoms with Gasteiger partial charge in [-0.2, -0.15) is 0 Å². The van der Waals surface area contributed by atoms with E-state index in [1.165, 1.54) is 11.8 Å². The fourth-order valence-electron chi connectivity index (χ4n) is 1.35. The summed E-state index contributed by atoms with van der Waals surface area (Å²) in [7, 11) is 0. The first-order valence-electron chi connectivity index (χ1n) is 5.39. The molecule has 1 aromatic carbocycles. The first kappa shape index (κ1) is 13.5. The van der Waals surface area contributed by atoms with Crippen molar-refractivity contribution in [2.24, 2.45) is 0 Å². The van der Waals surface area contributed by atoms with Crippen molar-refractivity contribution >= 4 is 29.2 Å². The van der Waals surface area contributed by atoms with Crippen molar-refractivity contribution in [2.45, 2.75) is 20.3 Å². The van der Waals surface area contributed by atoms with Crippen molar-refractivity contribution in [2.75, 3.05) is 11.9 Å². The predicted molar refractivity (Wildman–Crippen MR) is 68.1 cm³/mol. The van der Waals surface area contributed by atoms with Crippen molar-refractivity contribution in [3.05, 3.63) is 29.3 Å². The van der Waals surface area contributed by atoms with Crippen LogP contribution in [0.2, 0.25) is 5.02 Å². The number of carbonyl (C=O) groups excluding carboxylic acids is 2. The zero-order valence-corrected chi connectivity index (χ0v) is 10.6. The number of nitrogens with zero attached hydrogens (tertiary/aromatic N) is 1. The van der Waals surface area contributed by atoms with Gasteiger partial charge in [-0.15, -0.1) is 0 Å². The van der Waals surface area contributed by atoms with Gasteiger partial charge in [0.1, 0.15) is 0 Å². The Labute approximate surface area is 106 Å². The van der Waals surface area contributed by atoms with Crippen LogP contribution in [0.15, 0.2) is 24.3 Å². The van der Waals surface area contributed by atoms with Crippen molar-refractivity contribution in [3.63, 3.8) is 0 Å². The highest BCUT2D eigenvalue weighted by Gasteiger charge is 2.16. The molecule has 1 N–H and O–H groups in total. The highest BCUT2D eigenvalue weighted by Crippen LogP contribution is 2.14. The Kier molecular flexibility index (Phi) is 4.97. The van der Waals surface area contributed by atoms with Crippen LogP contribution < -0.4 is 5.32 Å². The molecule has 92 valence electrons. The molecule has 3 amide bonds. The van der Waals surface area contributed by atoms with Gasteiger partial charge in [0.15, 0.2) is 0 Å². The lowest BCUT2D eigenvalue weighted by Crippen LogP contribution is -2.39. The van der Waals surface area contributed by atoms with Crippen LogP contribution >= 0.6 is 11.6 Å². The molecule has 0 saturated carbocycles. The van der Waals surface area contributed by atoms with E-state index in [0.717, 1.165) is 6.42 Å². The molecular weight excluding hydrogens is 240 g/mol. The van der Waals surface area contributed by atoms with Crippen LogP contribution in [0, 0.1) is 0 Å². The van der Waals surface area contributed by atoms with Crippen LogP contribution in [0.3, 0.4) is 0 Å². The van der Waals surface area contributed by atoms with Crippen LogP contribution in [-0.4, -0.2) is 23.4 Å². The van der Waals surface area contributed by atoms with Crippen LogP contribution in [0.25, 0.3) is 0 Å². The topological polar surface area (TPSA) is 49.4 Å². The maximum absolute atomic E-state index is 11.8. The van der Waals surface area contributed by atoms with Crippen molar-refractivity contribution in [3.8, 4) is 0 Å². The van der Waals surface area contributed by atoms with Crippen LogP contribution in [0.5, 0.6) is 0 Å². The second-order valence-corrected chi connectivity index (χ2v) is 4.04. The summed E-state index contributed by atoms with van der Waals surface area (Å²) in [4.78, 5) is 24.2. The van der Waals surface area contributed by atoms with Crippen LogP contribution in [0.1, 0.15) is 20.3 Å². The number of rotatable bonds is 3. The second-order valence-electron chi connectivity index (χ2n) is 3.61. The lowest BCUT2D eigenvalue weighted by atomic mass is 10.3. The molecule has 0 atom stereocenters. The van der Waals surface area contributed by atoms with Crippen molar-refractivity contribution in [1.82, 2.24) is 4.90 Å². The maximum atomic E-state index is 11.8. The first-order valence-corrected chi connectivity index (χ1v) is 5.77. The van der Waals surface area contributed by atoms with Gasteiger partial charge in [-0.1, -0.05) is 18.5 Å². The normalized spacial score (nSPS) is 9.82. The highest BCUT2D eigenvalue weighted by molar-refractivity contribution is 6.30. The average molecular weight is 255 g/mol. The third kappa shape index (κ3) is 4.07. The van der Waals surface area contributed by atoms with Gasteiger partial charge in [0.2, 0.25) is 5.91 Å². The summed E-state index contributed by atoms with van der Waals surface area (Å²) in [6, 6.07) is 6.31. The van der Waals surface area contributed by atoms with E-state index in [-0.39, 0.29) is 5.91 Å². The minimum absolute atomic E-state index is 0.265. The Balaban J connectivity index is 2.69. The van der Waals surface area contributed by atoms with Gasteiger partial charge in [-0.3, -0.25) is 9.69 Å². The number of amides is 3. The molecule has 5 heteroatoms. The van der Waals surface area contributed by atoms with Gasteiger partial charge < -0.3 is 5.32 Å². The van der Waals surface area contributed by atoms with Gasteiger partial charge in [0, 0.05) is 24.2 Å². The van der Waals surface area contributed by atoms with Crippen LogP contribution in [0.4, 0.5) is 10.5 Å². The average Bonchev–Trinajstić information content (AvgIpc) is 2.28. The predicted octanol–water partition coefficient (Wildman–Crippen LogP) is 3.13. The minimum Gasteiger partial charge on any atom is -0.307 e. The smallest absolute Gasteiger partial charge is 0.307 e. The summed E-state index contributed by atoms with van der Waals surface area (Å²) < 4.78 is 0. The first-order chi connectivity index (χ1) is 8.04. The number of imide groups is 1. The molecule has 4 nitrogen and oxygen atoms in total. The van der Waals surface area contributed by atoms with Gasteiger partial charge in [0.05, 0.1) is 0 Å². The molecule has 0 aliphatic rings. The number of nitrogens with one attached hydrogen (secondary N) is 1. The standard InChI is InChI=1S/C12H15ClN2O2/c1-3-8-15(9(2)16)12(17)14-11-6-4-10(13)5-7-11/h4-7H,3,8H2,1-2H3,(H,14,17). The summed E-state index contributed by atoms with van der Waals surface area (Å²) in [5.41, 5.74) is 0.613. The van der Waals surface area contributed by atoms with Crippen molar-refractivity contribution in [1.29, 1.82) is 0 Å². The monoisotopic (exact) mass is 254 g/mol. The molecule has 0 aromatic heterocycles. The molecule has 0 spiro atoms. The molecule has 0 heterocycles. The van der Waals surface area contributed by atoms with E-state index in [4.69, 9.17) is 11.6 Å². The molecule has 1 aromatic rings. The summed E-state index contributed by atoms with van der Waals surface area (Å²) in [5.74, 6) is -0.265. The third-order valence-corrected chi connectivity index (χ3v) is 2.42. The van der Waals surface area contributed by atoms with E-state index in [1.54, 1.807) is 24.3 Å². The van der Waals surface area contributed by atoms with Crippen molar-refractivity contribution < 1.29 is 9.59 Å². The zero-order chi connectivity index (χ0) is 12.8. The number of urea groups is 1. The van der Waals surface area contributed by atoms with Gasteiger partial charge in [-0.05, 0) is 30.7 Å². The van der Waals surface area contributed by atoms with Gasteiger partial charge >= 0.3 is 6.03 Å². The summed E-state index contributed by atoms with van der Waals surface area (Å²) in [5, 5.41) is 3.24. The number of carbonyl (C=O) groups is 2. The van der Waals surface area contributed by atoms with E-state index in [0.29, 0.717) is 17.3 Å². The lowest BCUT2D eigenvalue weighted by Gasteiger charge is -2.18. The zero-order valence-electron chi connectivity index (χ0n) is 9.87. The van der Waals surface area contributed by atoms with E-state index >= 15 is 0 Å². The molecule has 0 radical (unpaired) electrons.